The number of nitrogens with zero attached hydrogens (tertiary/aromatic N) is 3. The van der Waals surface area contributed by atoms with Crippen LogP contribution in [-0.2, 0) is 17.5 Å². The minimum absolute atomic E-state index is 0.0177. The van der Waals surface area contributed by atoms with Crippen LogP contribution in [0.5, 0.6) is 0 Å². The minimum Gasteiger partial charge on any atom is -0.465 e. The van der Waals surface area contributed by atoms with Crippen molar-refractivity contribution in [2.45, 2.75) is 44.8 Å². The van der Waals surface area contributed by atoms with Crippen LogP contribution in [0.3, 0.4) is 0 Å². The number of ether oxygens (including phenoxy) is 1. The zero-order chi connectivity index (χ0) is 26.1. The standard InChI is InChI=1S/C21H25BrF3N5O3S2/c1-10-12(19(32)33-4)17(35-15(10)18(31)29(2)3)27-20(34)26-8-5-9-30-14(11-6-7-11)13(22)16(28-30)21(23,24)25/h11H,5-9H2,1-4H3,(H2,26,27,34). The number of carbonyl (C=O) groups is 2. The summed E-state index contributed by atoms with van der Waals surface area (Å²) in [7, 11) is 4.48. The number of aryl methyl sites for hydroxylation is 1. The van der Waals surface area contributed by atoms with E-state index >= 15 is 0 Å². The van der Waals surface area contributed by atoms with E-state index < -0.39 is 17.8 Å². The number of carbonyl (C=O) groups excluding carboxylic acids is 2. The van der Waals surface area contributed by atoms with E-state index in [1.807, 2.05) is 0 Å². The van der Waals surface area contributed by atoms with Crippen LogP contribution >= 0.6 is 39.5 Å². The number of amides is 1. The van der Waals surface area contributed by atoms with Crippen LogP contribution in [-0.4, -0.2) is 59.4 Å². The number of hydrogen-bond donors (Lipinski definition) is 2. The van der Waals surface area contributed by atoms with Crippen molar-refractivity contribution >= 4 is 61.5 Å². The number of methoxy groups -OCH3 is 1. The molecule has 1 aliphatic rings. The van der Waals surface area contributed by atoms with Gasteiger partial charge in [0.25, 0.3) is 5.91 Å². The first-order valence-electron chi connectivity index (χ1n) is 10.7. The zero-order valence-corrected chi connectivity index (χ0v) is 22.7. The van der Waals surface area contributed by atoms with Crippen LogP contribution in [0.15, 0.2) is 4.47 Å². The Hall–Kier alpha value is -2.19. The average molecular weight is 596 g/mol. The Morgan fingerprint density at radius 3 is 2.54 bits per heavy atom. The third-order valence-electron chi connectivity index (χ3n) is 5.36. The zero-order valence-electron chi connectivity index (χ0n) is 19.5. The molecule has 192 valence electrons. The van der Waals surface area contributed by atoms with E-state index in [2.05, 4.69) is 31.7 Å². The molecule has 2 aromatic rings. The molecule has 0 aliphatic heterocycles. The van der Waals surface area contributed by atoms with Crippen LogP contribution in [0.4, 0.5) is 18.2 Å². The monoisotopic (exact) mass is 595 g/mol. The van der Waals surface area contributed by atoms with Gasteiger partial charge in [0.2, 0.25) is 0 Å². The smallest absolute Gasteiger partial charge is 0.436 e. The Labute approximate surface area is 218 Å². The first-order chi connectivity index (χ1) is 16.4. The van der Waals surface area contributed by atoms with Crippen LogP contribution in [0.1, 0.15) is 62.2 Å². The van der Waals surface area contributed by atoms with Gasteiger partial charge in [0.1, 0.15) is 5.00 Å². The third kappa shape index (κ3) is 6.15. The maximum atomic E-state index is 13.3. The number of nitrogens with one attached hydrogen (secondary N) is 2. The number of aromatic nitrogens is 2. The predicted molar refractivity (Wildman–Crippen MR) is 134 cm³/mol. The van der Waals surface area contributed by atoms with Crippen LogP contribution < -0.4 is 10.6 Å². The molecule has 0 aromatic carbocycles. The summed E-state index contributed by atoms with van der Waals surface area (Å²) in [6.45, 7) is 2.30. The number of esters is 1. The number of alkyl halides is 3. The van der Waals surface area contributed by atoms with Gasteiger partial charge in [-0.05, 0) is 59.9 Å². The van der Waals surface area contributed by atoms with Crippen LogP contribution in [0, 0.1) is 6.92 Å². The molecule has 0 spiro atoms. The van der Waals surface area contributed by atoms with Gasteiger partial charge < -0.3 is 20.3 Å². The number of rotatable bonds is 8. The largest absolute Gasteiger partial charge is 0.465 e. The van der Waals surface area contributed by atoms with E-state index in [1.165, 1.54) is 16.7 Å². The fraction of sp³-hybridized carbons (Fsp3) is 0.524. The predicted octanol–water partition coefficient (Wildman–Crippen LogP) is 4.78. The Morgan fingerprint density at radius 2 is 2.00 bits per heavy atom. The van der Waals surface area contributed by atoms with Crippen molar-refractivity contribution in [3.63, 3.8) is 0 Å². The van der Waals surface area contributed by atoms with Gasteiger partial charge in [0.05, 0.1) is 27.7 Å². The quantitative estimate of drug-likeness (QED) is 0.258. The molecule has 0 radical (unpaired) electrons. The molecule has 14 heteroatoms. The molecule has 2 aromatic heterocycles. The molecule has 8 nitrogen and oxygen atoms in total. The first-order valence-corrected chi connectivity index (χ1v) is 12.7. The minimum atomic E-state index is -4.53. The van der Waals surface area contributed by atoms with Gasteiger partial charge in [-0.25, -0.2) is 4.79 Å². The van der Waals surface area contributed by atoms with Gasteiger partial charge in [-0.1, -0.05) is 0 Å². The molecule has 2 heterocycles. The van der Waals surface area contributed by atoms with E-state index in [0.29, 0.717) is 34.1 Å². The van der Waals surface area contributed by atoms with Crippen molar-refractivity contribution in [1.29, 1.82) is 0 Å². The number of hydrogen-bond acceptors (Lipinski definition) is 6. The summed E-state index contributed by atoms with van der Waals surface area (Å²) in [6, 6.07) is 0. The lowest BCUT2D eigenvalue weighted by Crippen LogP contribution is -2.30. The second-order valence-electron chi connectivity index (χ2n) is 8.23. The molecule has 1 amide bonds. The molecule has 0 saturated heterocycles. The summed E-state index contributed by atoms with van der Waals surface area (Å²) in [4.78, 5) is 26.6. The lowest BCUT2D eigenvalue weighted by atomic mass is 10.1. The van der Waals surface area contributed by atoms with E-state index in [1.54, 1.807) is 21.0 Å². The second kappa shape index (κ2) is 10.8. The van der Waals surface area contributed by atoms with Crippen molar-refractivity contribution in [2.24, 2.45) is 0 Å². The Bertz CT molecular complexity index is 1140. The van der Waals surface area contributed by atoms with Crippen molar-refractivity contribution in [2.75, 3.05) is 33.1 Å². The van der Waals surface area contributed by atoms with Crippen molar-refractivity contribution < 1.29 is 27.5 Å². The fourth-order valence-corrected chi connectivity index (χ4v) is 5.81. The first kappa shape index (κ1) is 27.4. The Morgan fingerprint density at radius 1 is 1.34 bits per heavy atom. The highest BCUT2D eigenvalue weighted by Crippen LogP contribution is 2.47. The number of thiocarbonyl (C=S) groups is 1. The number of thiophene rings is 1. The van der Waals surface area contributed by atoms with E-state index in [0.717, 1.165) is 24.2 Å². The highest BCUT2D eigenvalue weighted by Gasteiger charge is 2.41. The van der Waals surface area contributed by atoms with Gasteiger partial charge in [0.15, 0.2) is 10.8 Å². The maximum absolute atomic E-state index is 13.3. The molecule has 0 atom stereocenters. The van der Waals surface area contributed by atoms with Crippen LogP contribution in [0.2, 0.25) is 0 Å². The molecular formula is C21H25BrF3N5O3S2. The van der Waals surface area contributed by atoms with Gasteiger partial charge in [-0.2, -0.15) is 18.3 Å². The summed E-state index contributed by atoms with van der Waals surface area (Å²) in [6.07, 6.45) is -2.38. The Kier molecular flexibility index (Phi) is 8.48. The van der Waals surface area contributed by atoms with E-state index in [-0.39, 0.29) is 33.5 Å². The normalized spacial score (nSPS) is 13.5. The molecule has 0 bridgehead atoms. The molecule has 1 saturated carbocycles. The molecular weight excluding hydrogens is 571 g/mol. The fourth-order valence-electron chi connectivity index (χ4n) is 3.49. The molecule has 35 heavy (non-hydrogen) atoms. The highest BCUT2D eigenvalue weighted by atomic mass is 79.9. The number of halogens is 4. The number of anilines is 1. The molecule has 0 unspecified atom stereocenters. The summed E-state index contributed by atoms with van der Waals surface area (Å²) in [5.41, 5.74) is 0.383. The van der Waals surface area contributed by atoms with Gasteiger partial charge in [-0.15, -0.1) is 11.3 Å². The summed E-state index contributed by atoms with van der Waals surface area (Å²) in [5.74, 6) is -0.764. The SMILES string of the molecule is COC(=O)c1c(NC(=S)NCCCn2nc(C(F)(F)F)c(Br)c2C2CC2)sc(C(=O)N(C)C)c1C. The van der Waals surface area contributed by atoms with E-state index in [9.17, 15) is 22.8 Å². The van der Waals surface area contributed by atoms with Crippen LogP contribution in [0.25, 0.3) is 0 Å². The highest BCUT2D eigenvalue weighted by molar-refractivity contribution is 9.10. The van der Waals surface area contributed by atoms with Crippen molar-refractivity contribution in [1.82, 2.24) is 20.0 Å². The summed E-state index contributed by atoms with van der Waals surface area (Å²) >= 11 is 9.51. The second-order valence-corrected chi connectivity index (χ2v) is 10.5. The Balaban J connectivity index is 1.64. The molecule has 2 N–H and O–H groups in total. The third-order valence-corrected chi connectivity index (χ3v) is 7.58. The average Bonchev–Trinajstić information content (AvgIpc) is 3.48. The van der Waals surface area contributed by atoms with Gasteiger partial charge in [-0.3, -0.25) is 9.48 Å². The lowest BCUT2D eigenvalue weighted by Gasteiger charge is -2.11. The molecule has 3 rings (SSSR count). The molecule has 1 aliphatic carbocycles. The van der Waals surface area contributed by atoms with Gasteiger partial charge in [0, 0.05) is 33.1 Å². The summed E-state index contributed by atoms with van der Waals surface area (Å²) < 4.78 is 46.1. The summed E-state index contributed by atoms with van der Waals surface area (Å²) in [5, 5.41) is 10.3. The topological polar surface area (TPSA) is 88.5 Å². The van der Waals surface area contributed by atoms with E-state index in [4.69, 9.17) is 17.0 Å². The van der Waals surface area contributed by atoms with Crippen molar-refractivity contribution in [3.05, 3.63) is 31.9 Å². The van der Waals surface area contributed by atoms with Crippen molar-refractivity contribution in [3.8, 4) is 0 Å². The lowest BCUT2D eigenvalue weighted by molar-refractivity contribution is -0.142. The maximum Gasteiger partial charge on any atom is 0.436 e. The molecule has 1 fully saturated rings. The van der Waals surface area contributed by atoms with Gasteiger partial charge >= 0.3 is 12.1 Å².